The SMILES string of the molecule is CC(NC(=O)CN1CCN(Cc2ccc(Cl)s2)CC1)C(=O)N(C)C. The summed E-state index contributed by atoms with van der Waals surface area (Å²) < 4.78 is 0.821. The molecule has 0 spiro atoms. The van der Waals surface area contributed by atoms with Crippen molar-refractivity contribution in [3.05, 3.63) is 21.3 Å². The standard InChI is InChI=1S/C16H25ClN4O2S/c1-12(16(23)19(2)3)18-15(22)11-21-8-6-20(7-9-21)10-13-4-5-14(17)24-13/h4-5,12H,6-11H2,1-3H3,(H,18,22). The van der Waals surface area contributed by atoms with Gasteiger partial charge in [0.1, 0.15) is 6.04 Å². The zero-order valence-electron chi connectivity index (χ0n) is 14.4. The second kappa shape index (κ2) is 8.80. The molecule has 1 aliphatic rings. The summed E-state index contributed by atoms with van der Waals surface area (Å²) >= 11 is 7.58. The average Bonchev–Trinajstić information content (AvgIpc) is 2.93. The van der Waals surface area contributed by atoms with Crippen molar-refractivity contribution in [2.45, 2.75) is 19.5 Å². The van der Waals surface area contributed by atoms with Gasteiger partial charge in [-0.1, -0.05) is 11.6 Å². The van der Waals surface area contributed by atoms with E-state index in [9.17, 15) is 9.59 Å². The Morgan fingerprint density at radius 3 is 2.42 bits per heavy atom. The Kier molecular flexibility index (Phi) is 7.03. The Labute approximate surface area is 152 Å². The van der Waals surface area contributed by atoms with Gasteiger partial charge in [-0.15, -0.1) is 11.3 Å². The maximum absolute atomic E-state index is 12.1. The first-order chi connectivity index (χ1) is 11.3. The van der Waals surface area contributed by atoms with E-state index < -0.39 is 6.04 Å². The van der Waals surface area contributed by atoms with E-state index in [0.717, 1.165) is 37.1 Å². The minimum Gasteiger partial charge on any atom is -0.347 e. The molecule has 2 amide bonds. The fourth-order valence-corrected chi connectivity index (χ4v) is 3.83. The summed E-state index contributed by atoms with van der Waals surface area (Å²) in [7, 11) is 3.37. The number of hydrogen-bond donors (Lipinski definition) is 1. The van der Waals surface area contributed by atoms with Crippen LogP contribution < -0.4 is 5.32 Å². The van der Waals surface area contributed by atoms with Crippen LogP contribution in [0.5, 0.6) is 0 Å². The van der Waals surface area contributed by atoms with E-state index in [-0.39, 0.29) is 11.8 Å². The van der Waals surface area contributed by atoms with Gasteiger partial charge in [0.25, 0.3) is 0 Å². The van der Waals surface area contributed by atoms with E-state index in [1.165, 1.54) is 9.78 Å². The summed E-state index contributed by atoms with van der Waals surface area (Å²) in [5.41, 5.74) is 0. The summed E-state index contributed by atoms with van der Waals surface area (Å²) in [6.07, 6.45) is 0. The molecule has 0 bridgehead atoms. The molecule has 2 rings (SSSR count). The van der Waals surface area contributed by atoms with Gasteiger partial charge in [-0.2, -0.15) is 0 Å². The van der Waals surface area contributed by atoms with Gasteiger partial charge >= 0.3 is 0 Å². The highest BCUT2D eigenvalue weighted by molar-refractivity contribution is 7.16. The van der Waals surface area contributed by atoms with Gasteiger partial charge < -0.3 is 10.2 Å². The number of carbonyl (C=O) groups is 2. The second-order valence-electron chi connectivity index (χ2n) is 6.28. The summed E-state index contributed by atoms with van der Waals surface area (Å²) in [6, 6.07) is 3.51. The number of rotatable bonds is 6. The Balaban J connectivity index is 1.70. The topological polar surface area (TPSA) is 55.9 Å². The second-order valence-corrected chi connectivity index (χ2v) is 8.08. The van der Waals surface area contributed by atoms with Crippen LogP contribution in [0.1, 0.15) is 11.8 Å². The summed E-state index contributed by atoms with van der Waals surface area (Å²) in [4.78, 5) is 31.1. The Morgan fingerprint density at radius 1 is 1.25 bits per heavy atom. The van der Waals surface area contributed by atoms with E-state index in [2.05, 4.69) is 21.2 Å². The highest BCUT2D eigenvalue weighted by Gasteiger charge is 2.22. The number of hydrogen-bond acceptors (Lipinski definition) is 5. The smallest absolute Gasteiger partial charge is 0.244 e. The van der Waals surface area contributed by atoms with Crippen molar-refractivity contribution in [2.24, 2.45) is 0 Å². The number of nitrogens with zero attached hydrogens (tertiary/aromatic N) is 3. The lowest BCUT2D eigenvalue weighted by molar-refractivity contribution is -0.134. The molecule has 1 unspecified atom stereocenters. The first-order valence-corrected chi connectivity index (χ1v) is 9.24. The number of carbonyl (C=O) groups excluding carboxylic acids is 2. The summed E-state index contributed by atoms with van der Waals surface area (Å²) in [5, 5.41) is 2.76. The van der Waals surface area contributed by atoms with Crippen LogP contribution in [-0.4, -0.2) is 79.4 Å². The maximum atomic E-state index is 12.1. The van der Waals surface area contributed by atoms with Crippen molar-refractivity contribution in [2.75, 3.05) is 46.8 Å². The molecule has 1 aromatic heterocycles. The van der Waals surface area contributed by atoms with Crippen LogP contribution in [-0.2, 0) is 16.1 Å². The summed E-state index contributed by atoms with van der Waals surface area (Å²) in [5.74, 6) is -0.195. The molecule has 1 fully saturated rings. The van der Waals surface area contributed by atoms with Crippen molar-refractivity contribution in [1.29, 1.82) is 0 Å². The highest BCUT2D eigenvalue weighted by Crippen LogP contribution is 2.23. The van der Waals surface area contributed by atoms with Gasteiger partial charge in [-0.05, 0) is 19.1 Å². The van der Waals surface area contributed by atoms with Crippen LogP contribution in [0.25, 0.3) is 0 Å². The Bertz CT molecular complexity index is 570. The molecule has 1 atom stereocenters. The average molecular weight is 373 g/mol. The van der Waals surface area contributed by atoms with E-state index >= 15 is 0 Å². The van der Waals surface area contributed by atoms with Gasteiger partial charge in [0, 0.05) is 51.7 Å². The van der Waals surface area contributed by atoms with Crippen LogP contribution >= 0.6 is 22.9 Å². The molecule has 8 heteroatoms. The predicted octanol–water partition coefficient (Wildman–Crippen LogP) is 1.11. The largest absolute Gasteiger partial charge is 0.347 e. The maximum Gasteiger partial charge on any atom is 0.244 e. The first-order valence-electron chi connectivity index (χ1n) is 8.04. The fraction of sp³-hybridized carbons (Fsp3) is 0.625. The van der Waals surface area contributed by atoms with Crippen molar-refractivity contribution in [1.82, 2.24) is 20.0 Å². The zero-order valence-corrected chi connectivity index (χ0v) is 16.0. The first kappa shape index (κ1) is 19.2. The molecule has 0 aliphatic carbocycles. The molecule has 0 aromatic carbocycles. The van der Waals surface area contributed by atoms with Gasteiger partial charge in [0.2, 0.25) is 11.8 Å². The monoisotopic (exact) mass is 372 g/mol. The summed E-state index contributed by atoms with van der Waals surface area (Å²) in [6.45, 7) is 6.51. The zero-order chi connectivity index (χ0) is 17.7. The number of thiophene rings is 1. The highest BCUT2D eigenvalue weighted by atomic mass is 35.5. The fourth-order valence-electron chi connectivity index (χ4n) is 2.70. The predicted molar refractivity (Wildman–Crippen MR) is 97.3 cm³/mol. The van der Waals surface area contributed by atoms with E-state index in [4.69, 9.17) is 11.6 Å². The number of halogens is 1. The quantitative estimate of drug-likeness (QED) is 0.812. The molecule has 1 aromatic rings. The van der Waals surface area contributed by atoms with Crippen LogP contribution in [0.4, 0.5) is 0 Å². The van der Waals surface area contributed by atoms with Gasteiger partial charge in [0.15, 0.2) is 0 Å². The Hall–Kier alpha value is -1.15. The van der Waals surface area contributed by atoms with Crippen molar-refractivity contribution in [3.8, 4) is 0 Å². The number of piperazine rings is 1. The molecule has 134 valence electrons. The molecule has 2 heterocycles. The van der Waals surface area contributed by atoms with Crippen LogP contribution in [0.15, 0.2) is 12.1 Å². The number of amides is 2. The third kappa shape index (κ3) is 5.73. The molecular formula is C16H25ClN4O2S. The third-order valence-electron chi connectivity index (χ3n) is 4.03. The van der Waals surface area contributed by atoms with Crippen LogP contribution in [0.3, 0.4) is 0 Å². The van der Waals surface area contributed by atoms with E-state index in [1.807, 2.05) is 6.07 Å². The lowest BCUT2D eigenvalue weighted by Crippen LogP contribution is -2.51. The van der Waals surface area contributed by atoms with Crippen molar-refractivity contribution >= 4 is 34.8 Å². The van der Waals surface area contributed by atoms with Crippen LogP contribution in [0.2, 0.25) is 4.34 Å². The van der Waals surface area contributed by atoms with Gasteiger partial charge in [-0.3, -0.25) is 19.4 Å². The number of likely N-dealkylation sites (N-methyl/N-ethyl adjacent to an activating group) is 1. The molecule has 6 nitrogen and oxygen atoms in total. The van der Waals surface area contributed by atoms with E-state index in [0.29, 0.717) is 6.54 Å². The molecule has 24 heavy (non-hydrogen) atoms. The molecule has 1 aliphatic heterocycles. The number of nitrogens with one attached hydrogen (secondary N) is 1. The minimum absolute atomic E-state index is 0.0947. The van der Waals surface area contributed by atoms with E-state index in [1.54, 1.807) is 32.4 Å². The molecule has 1 N–H and O–H groups in total. The van der Waals surface area contributed by atoms with Gasteiger partial charge in [-0.25, -0.2) is 0 Å². The third-order valence-corrected chi connectivity index (χ3v) is 5.25. The van der Waals surface area contributed by atoms with Crippen molar-refractivity contribution in [3.63, 3.8) is 0 Å². The van der Waals surface area contributed by atoms with Gasteiger partial charge in [0.05, 0.1) is 10.9 Å². The molecular weight excluding hydrogens is 348 g/mol. The molecule has 0 radical (unpaired) electrons. The minimum atomic E-state index is -0.489. The Morgan fingerprint density at radius 2 is 1.88 bits per heavy atom. The lowest BCUT2D eigenvalue weighted by Gasteiger charge is -2.34. The van der Waals surface area contributed by atoms with Crippen LogP contribution in [0, 0.1) is 0 Å². The molecule has 1 saturated heterocycles. The van der Waals surface area contributed by atoms with Crippen molar-refractivity contribution < 1.29 is 9.59 Å². The normalized spacial score (nSPS) is 17.5. The molecule has 0 saturated carbocycles. The lowest BCUT2D eigenvalue weighted by atomic mass is 10.2.